The van der Waals surface area contributed by atoms with Gasteiger partial charge < -0.3 is 11.1 Å². The Labute approximate surface area is 96.4 Å². The molecule has 1 aromatic rings. The largest absolute Gasteiger partial charge is 0.327 e. The molecule has 0 amide bonds. The SMILES string of the molecule is NC1Cc2ccc(C3CCNCC3)nc2C1. The highest BCUT2D eigenvalue weighted by Crippen LogP contribution is 2.27. The molecule has 1 saturated heterocycles. The molecule has 3 rings (SSSR count). The molecule has 1 aliphatic carbocycles. The standard InChI is InChI=1S/C13H19N3/c14-11-7-10-1-2-12(16-13(10)8-11)9-3-5-15-6-4-9/h1-2,9,11,15H,3-8,14H2. The van der Waals surface area contributed by atoms with Crippen LogP contribution in [0.25, 0.3) is 0 Å². The fourth-order valence-electron chi connectivity index (χ4n) is 2.86. The van der Waals surface area contributed by atoms with Crippen LogP contribution in [0.2, 0.25) is 0 Å². The fourth-order valence-corrected chi connectivity index (χ4v) is 2.86. The van der Waals surface area contributed by atoms with Crippen molar-refractivity contribution in [3.8, 4) is 0 Å². The first-order valence-corrected chi connectivity index (χ1v) is 6.28. The third-order valence-electron chi connectivity index (χ3n) is 3.79. The molecule has 0 bridgehead atoms. The monoisotopic (exact) mass is 217 g/mol. The van der Waals surface area contributed by atoms with E-state index < -0.39 is 0 Å². The van der Waals surface area contributed by atoms with Crippen LogP contribution < -0.4 is 11.1 Å². The van der Waals surface area contributed by atoms with Gasteiger partial charge in [0.15, 0.2) is 0 Å². The van der Waals surface area contributed by atoms with E-state index >= 15 is 0 Å². The van der Waals surface area contributed by atoms with E-state index in [4.69, 9.17) is 10.7 Å². The number of piperidine rings is 1. The Morgan fingerprint density at radius 3 is 2.81 bits per heavy atom. The summed E-state index contributed by atoms with van der Waals surface area (Å²) in [5.41, 5.74) is 9.87. The first-order valence-electron chi connectivity index (χ1n) is 6.28. The van der Waals surface area contributed by atoms with Crippen LogP contribution in [0.3, 0.4) is 0 Å². The Morgan fingerprint density at radius 1 is 1.19 bits per heavy atom. The van der Waals surface area contributed by atoms with E-state index in [0.29, 0.717) is 12.0 Å². The van der Waals surface area contributed by atoms with Crippen LogP contribution in [0, 0.1) is 0 Å². The van der Waals surface area contributed by atoms with Crippen LogP contribution >= 0.6 is 0 Å². The predicted octanol–water partition coefficient (Wildman–Crippen LogP) is 0.974. The van der Waals surface area contributed by atoms with Crippen LogP contribution in [0.5, 0.6) is 0 Å². The quantitative estimate of drug-likeness (QED) is 0.737. The summed E-state index contributed by atoms with van der Waals surface area (Å²) in [5.74, 6) is 0.656. The zero-order valence-electron chi connectivity index (χ0n) is 9.58. The van der Waals surface area contributed by atoms with Crippen LogP contribution in [-0.2, 0) is 12.8 Å². The van der Waals surface area contributed by atoms with Crippen molar-refractivity contribution in [2.24, 2.45) is 5.73 Å². The van der Waals surface area contributed by atoms with E-state index in [1.807, 2.05) is 0 Å². The molecule has 2 aliphatic rings. The van der Waals surface area contributed by atoms with Crippen LogP contribution in [-0.4, -0.2) is 24.1 Å². The normalized spacial score (nSPS) is 25.7. The Hall–Kier alpha value is -0.930. The third kappa shape index (κ3) is 1.85. The number of hydrogen-bond acceptors (Lipinski definition) is 3. The number of nitrogens with two attached hydrogens (primary N) is 1. The molecule has 0 radical (unpaired) electrons. The van der Waals surface area contributed by atoms with Gasteiger partial charge in [0.25, 0.3) is 0 Å². The summed E-state index contributed by atoms with van der Waals surface area (Å²) in [6, 6.07) is 4.75. The van der Waals surface area contributed by atoms with Crippen molar-refractivity contribution in [2.45, 2.75) is 37.6 Å². The molecule has 3 nitrogen and oxygen atoms in total. The van der Waals surface area contributed by atoms with Gasteiger partial charge in [0, 0.05) is 29.8 Å². The second-order valence-corrected chi connectivity index (χ2v) is 5.03. The van der Waals surface area contributed by atoms with E-state index in [1.165, 1.54) is 29.8 Å². The van der Waals surface area contributed by atoms with Gasteiger partial charge in [-0.15, -0.1) is 0 Å². The van der Waals surface area contributed by atoms with Crippen molar-refractivity contribution in [3.63, 3.8) is 0 Å². The zero-order valence-corrected chi connectivity index (χ0v) is 9.58. The van der Waals surface area contributed by atoms with E-state index in [9.17, 15) is 0 Å². The van der Waals surface area contributed by atoms with Crippen molar-refractivity contribution in [1.29, 1.82) is 0 Å². The lowest BCUT2D eigenvalue weighted by Crippen LogP contribution is -2.27. The number of fused-ring (bicyclic) bond motifs is 1. The fraction of sp³-hybridized carbons (Fsp3) is 0.615. The molecular weight excluding hydrogens is 198 g/mol. The molecule has 3 N–H and O–H groups in total. The summed E-state index contributed by atoms with van der Waals surface area (Å²) < 4.78 is 0. The molecule has 0 spiro atoms. The van der Waals surface area contributed by atoms with E-state index in [2.05, 4.69) is 17.4 Å². The predicted molar refractivity (Wildman–Crippen MR) is 64.5 cm³/mol. The average Bonchev–Trinajstić information content (AvgIpc) is 2.69. The number of aromatic nitrogens is 1. The highest BCUT2D eigenvalue weighted by atomic mass is 14.9. The number of nitrogens with one attached hydrogen (secondary N) is 1. The summed E-state index contributed by atoms with van der Waals surface area (Å²) in [6.07, 6.45) is 4.42. The first kappa shape index (κ1) is 10.2. The molecule has 1 unspecified atom stereocenters. The molecular formula is C13H19N3. The lowest BCUT2D eigenvalue weighted by molar-refractivity contribution is 0.452. The summed E-state index contributed by atoms with van der Waals surface area (Å²) in [5, 5.41) is 3.40. The maximum Gasteiger partial charge on any atom is 0.0455 e. The van der Waals surface area contributed by atoms with Crippen molar-refractivity contribution < 1.29 is 0 Å². The van der Waals surface area contributed by atoms with Crippen LogP contribution in [0.4, 0.5) is 0 Å². The van der Waals surface area contributed by atoms with Gasteiger partial charge in [0.05, 0.1) is 0 Å². The highest BCUT2D eigenvalue weighted by molar-refractivity contribution is 5.30. The molecule has 0 saturated carbocycles. The van der Waals surface area contributed by atoms with E-state index in [1.54, 1.807) is 0 Å². The maximum atomic E-state index is 5.96. The summed E-state index contributed by atoms with van der Waals surface area (Å²) >= 11 is 0. The second-order valence-electron chi connectivity index (χ2n) is 5.03. The lowest BCUT2D eigenvalue weighted by Gasteiger charge is -2.22. The number of rotatable bonds is 1. The van der Waals surface area contributed by atoms with Gasteiger partial charge in [0.1, 0.15) is 0 Å². The minimum Gasteiger partial charge on any atom is -0.327 e. The molecule has 1 fully saturated rings. The molecule has 1 aliphatic heterocycles. The lowest BCUT2D eigenvalue weighted by atomic mass is 9.93. The number of hydrogen-bond donors (Lipinski definition) is 2. The topological polar surface area (TPSA) is 50.9 Å². The van der Waals surface area contributed by atoms with Gasteiger partial charge in [-0.1, -0.05) is 6.07 Å². The van der Waals surface area contributed by atoms with E-state index in [0.717, 1.165) is 25.9 Å². The summed E-state index contributed by atoms with van der Waals surface area (Å²) in [4.78, 5) is 4.82. The van der Waals surface area contributed by atoms with Gasteiger partial charge in [-0.3, -0.25) is 4.98 Å². The van der Waals surface area contributed by atoms with Crippen molar-refractivity contribution >= 4 is 0 Å². The smallest absolute Gasteiger partial charge is 0.0455 e. The minimum absolute atomic E-state index is 0.297. The average molecular weight is 217 g/mol. The van der Waals surface area contributed by atoms with Crippen molar-refractivity contribution in [3.05, 3.63) is 29.1 Å². The Kier molecular flexibility index (Phi) is 2.65. The molecule has 2 heterocycles. The molecule has 1 atom stereocenters. The first-order chi connectivity index (χ1) is 7.83. The molecule has 16 heavy (non-hydrogen) atoms. The third-order valence-corrected chi connectivity index (χ3v) is 3.79. The molecule has 0 aromatic carbocycles. The van der Waals surface area contributed by atoms with Crippen LogP contribution in [0.1, 0.15) is 35.7 Å². The highest BCUT2D eigenvalue weighted by Gasteiger charge is 2.22. The van der Waals surface area contributed by atoms with Gasteiger partial charge in [-0.05, 0) is 44.0 Å². The Bertz CT molecular complexity index is 383. The van der Waals surface area contributed by atoms with E-state index in [-0.39, 0.29) is 0 Å². The maximum absolute atomic E-state index is 5.96. The van der Waals surface area contributed by atoms with Gasteiger partial charge in [-0.2, -0.15) is 0 Å². The van der Waals surface area contributed by atoms with Gasteiger partial charge in [0.2, 0.25) is 0 Å². The molecule has 1 aromatic heterocycles. The Morgan fingerprint density at radius 2 is 2.00 bits per heavy atom. The van der Waals surface area contributed by atoms with Crippen LogP contribution in [0.15, 0.2) is 12.1 Å². The van der Waals surface area contributed by atoms with Crippen molar-refractivity contribution in [2.75, 3.05) is 13.1 Å². The number of nitrogens with zero attached hydrogens (tertiary/aromatic N) is 1. The molecule has 86 valence electrons. The van der Waals surface area contributed by atoms with Gasteiger partial charge in [-0.25, -0.2) is 0 Å². The zero-order chi connectivity index (χ0) is 11.0. The second kappa shape index (κ2) is 4.15. The van der Waals surface area contributed by atoms with Gasteiger partial charge >= 0.3 is 0 Å². The number of pyridine rings is 1. The summed E-state index contributed by atoms with van der Waals surface area (Å²) in [7, 11) is 0. The molecule has 3 heteroatoms. The van der Waals surface area contributed by atoms with Crippen molar-refractivity contribution in [1.82, 2.24) is 10.3 Å². The minimum atomic E-state index is 0.297. The Balaban J connectivity index is 1.84. The summed E-state index contributed by atoms with van der Waals surface area (Å²) in [6.45, 7) is 2.26.